The summed E-state index contributed by atoms with van der Waals surface area (Å²) in [6, 6.07) is 12.6. The van der Waals surface area contributed by atoms with Crippen LogP contribution >= 0.6 is 0 Å². The van der Waals surface area contributed by atoms with Crippen LogP contribution in [-0.4, -0.2) is 36.0 Å². The van der Waals surface area contributed by atoms with Crippen molar-refractivity contribution < 1.29 is 14.3 Å². The molecule has 0 aliphatic carbocycles. The van der Waals surface area contributed by atoms with Gasteiger partial charge in [0.25, 0.3) is 5.91 Å². The summed E-state index contributed by atoms with van der Waals surface area (Å²) in [7, 11) is 1.64. The van der Waals surface area contributed by atoms with E-state index in [-0.39, 0.29) is 23.4 Å². The van der Waals surface area contributed by atoms with Crippen LogP contribution in [-0.2, 0) is 10.2 Å². The maximum absolute atomic E-state index is 13.7. The van der Waals surface area contributed by atoms with E-state index in [2.05, 4.69) is 37.1 Å². The van der Waals surface area contributed by atoms with Gasteiger partial charge in [0.05, 0.1) is 18.4 Å². The first-order valence-electron chi connectivity index (χ1n) is 10.2. The number of allylic oxidation sites excluding steroid dienone is 1. The summed E-state index contributed by atoms with van der Waals surface area (Å²) in [5.41, 5.74) is 2.21. The quantitative estimate of drug-likeness (QED) is 0.766. The lowest BCUT2D eigenvalue weighted by molar-refractivity contribution is -0.119. The van der Waals surface area contributed by atoms with E-state index in [1.165, 1.54) is 0 Å². The maximum Gasteiger partial charge on any atom is 0.258 e. The minimum absolute atomic E-state index is 0.145. The number of ether oxygens (including phenoxy) is 1. The number of rotatable bonds is 3. The Kier molecular flexibility index (Phi) is 3.81. The molecule has 0 aromatic heterocycles. The number of fused-ring (bicyclic) bond motifs is 6. The molecule has 3 heterocycles. The molecule has 2 aromatic carbocycles. The van der Waals surface area contributed by atoms with Gasteiger partial charge in [0.2, 0.25) is 5.91 Å². The Morgan fingerprint density at radius 2 is 1.97 bits per heavy atom. The molecule has 2 aromatic rings. The van der Waals surface area contributed by atoms with E-state index < -0.39 is 11.5 Å². The van der Waals surface area contributed by atoms with Gasteiger partial charge in [-0.1, -0.05) is 38.1 Å². The van der Waals surface area contributed by atoms with E-state index >= 15 is 0 Å². The predicted molar refractivity (Wildman–Crippen MR) is 116 cm³/mol. The molecular weight excluding hydrogens is 378 g/mol. The molecule has 1 saturated heterocycles. The molecule has 3 atom stereocenters. The molecule has 6 heteroatoms. The molecule has 0 radical (unpaired) electrons. The Balaban J connectivity index is 1.72. The molecule has 6 nitrogen and oxygen atoms in total. The van der Waals surface area contributed by atoms with Crippen LogP contribution in [0, 0.1) is 5.41 Å². The minimum atomic E-state index is -0.572. The molecule has 154 valence electrons. The molecule has 5 rings (SSSR count). The molecule has 1 fully saturated rings. The Morgan fingerprint density at radius 3 is 2.70 bits per heavy atom. The Hall–Kier alpha value is -3.28. The van der Waals surface area contributed by atoms with Crippen molar-refractivity contribution in [3.8, 4) is 5.75 Å². The van der Waals surface area contributed by atoms with Gasteiger partial charge in [-0.15, -0.1) is 6.58 Å². The van der Waals surface area contributed by atoms with E-state index in [0.717, 1.165) is 17.0 Å². The molecule has 30 heavy (non-hydrogen) atoms. The second-order valence-corrected chi connectivity index (χ2v) is 8.82. The molecule has 3 aliphatic heterocycles. The largest absolute Gasteiger partial charge is 0.497 e. The molecule has 0 unspecified atom stereocenters. The number of carbonyl (C=O) groups is 2. The van der Waals surface area contributed by atoms with E-state index in [1.807, 2.05) is 30.3 Å². The zero-order valence-electron chi connectivity index (χ0n) is 17.4. The first kappa shape index (κ1) is 18.7. The molecule has 3 aliphatic rings. The van der Waals surface area contributed by atoms with Gasteiger partial charge >= 0.3 is 0 Å². The molecule has 0 spiro atoms. The summed E-state index contributed by atoms with van der Waals surface area (Å²) in [6.45, 7) is 8.34. The Labute approximate surface area is 175 Å². The number of anilines is 2. The highest BCUT2D eigenvalue weighted by Gasteiger charge is 2.66. The maximum atomic E-state index is 13.7. The standard InChI is InChI=1S/C24H25N3O3/c1-5-23(2,3)24-13-19-20(28)25-17-9-7-6-8-15(17)21(29)27(19)22(24)26-18-12-14(30-4)10-11-16(18)24/h5-12,19,22,26H,1,13H2,2-4H3,(H,25,28)/t19-,22-,24+/m0/s1. The molecular formula is C24H25N3O3. The second-order valence-electron chi connectivity index (χ2n) is 8.82. The van der Waals surface area contributed by atoms with E-state index in [1.54, 1.807) is 24.1 Å². The summed E-state index contributed by atoms with van der Waals surface area (Å²) in [5, 5.41) is 6.53. The van der Waals surface area contributed by atoms with Crippen molar-refractivity contribution in [2.75, 3.05) is 17.7 Å². The van der Waals surface area contributed by atoms with Crippen LogP contribution in [0.2, 0.25) is 0 Å². The van der Waals surface area contributed by atoms with E-state index in [0.29, 0.717) is 17.7 Å². The zero-order chi connectivity index (χ0) is 21.3. The first-order chi connectivity index (χ1) is 14.3. The van der Waals surface area contributed by atoms with Gasteiger partial charge in [0, 0.05) is 17.2 Å². The van der Waals surface area contributed by atoms with Crippen molar-refractivity contribution in [3.05, 3.63) is 66.2 Å². The number of hydrogen-bond acceptors (Lipinski definition) is 4. The number of methoxy groups -OCH3 is 1. The monoisotopic (exact) mass is 403 g/mol. The van der Waals surface area contributed by atoms with Crippen molar-refractivity contribution in [3.63, 3.8) is 0 Å². The summed E-state index contributed by atoms with van der Waals surface area (Å²) in [4.78, 5) is 28.6. The highest BCUT2D eigenvalue weighted by Crippen LogP contribution is 2.61. The fourth-order valence-electron chi connectivity index (χ4n) is 5.44. The van der Waals surface area contributed by atoms with Gasteiger partial charge in [-0.2, -0.15) is 0 Å². The van der Waals surface area contributed by atoms with Crippen LogP contribution in [0.15, 0.2) is 55.1 Å². The zero-order valence-corrected chi connectivity index (χ0v) is 17.4. The van der Waals surface area contributed by atoms with Crippen molar-refractivity contribution in [2.24, 2.45) is 5.41 Å². The van der Waals surface area contributed by atoms with E-state index in [4.69, 9.17) is 4.74 Å². The number of hydrogen-bond donors (Lipinski definition) is 2. The highest BCUT2D eigenvalue weighted by atomic mass is 16.5. The Bertz CT molecular complexity index is 1090. The van der Waals surface area contributed by atoms with Crippen molar-refractivity contribution in [1.82, 2.24) is 4.90 Å². The van der Waals surface area contributed by atoms with Gasteiger partial charge < -0.3 is 20.3 Å². The van der Waals surface area contributed by atoms with Crippen molar-refractivity contribution >= 4 is 23.2 Å². The average Bonchev–Trinajstić information content (AvgIpc) is 3.22. The molecule has 0 saturated carbocycles. The lowest BCUT2D eigenvalue weighted by Crippen LogP contribution is -2.53. The smallest absolute Gasteiger partial charge is 0.258 e. The SMILES string of the molecule is C=CC(C)(C)[C@@]12C[C@H]3C(=O)Nc4ccccc4C(=O)N3[C@@H]1Nc1cc(OC)ccc12. The van der Waals surface area contributed by atoms with Crippen LogP contribution in [0.25, 0.3) is 0 Å². The molecule has 2 amide bonds. The molecule has 2 N–H and O–H groups in total. The van der Waals surface area contributed by atoms with Crippen LogP contribution in [0.1, 0.15) is 36.2 Å². The van der Waals surface area contributed by atoms with Crippen molar-refractivity contribution in [2.45, 2.75) is 37.9 Å². The summed E-state index contributed by atoms with van der Waals surface area (Å²) < 4.78 is 5.41. The fraction of sp³-hybridized carbons (Fsp3) is 0.333. The normalized spacial score (nSPS) is 26.6. The summed E-state index contributed by atoms with van der Waals surface area (Å²) in [6.07, 6.45) is 2.07. The number of benzene rings is 2. The number of para-hydroxylation sites is 1. The van der Waals surface area contributed by atoms with Gasteiger partial charge in [-0.05, 0) is 35.6 Å². The van der Waals surface area contributed by atoms with E-state index in [9.17, 15) is 9.59 Å². The second kappa shape index (κ2) is 6.11. The lowest BCUT2D eigenvalue weighted by atomic mass is 9.60. The van der Waals surface area contributed by atoms with Crippen LogP contribution < -0.4 is 15.4 Å². The van der Waals surface area contributed by atoms with Gasteiger partial charge in [-0.25, -0.2) is 0 Å². The van der Waals surface area contributed by atoms with Gasteiger partial charge in [-0.3, -0.25) is 9.59 Å². The Morgan fingerprint density at radius 1 is 1.20 bits per heavy atom. The first-order valence-corrected chi connectivity index (χ1v) is 10.2. The lowest BCUT2D eigenvalue weighted by Gasteiger charge is -2.43. The number of nitrogens with zero attached hydrogens (tertiary/aromatic N) is 1. The topological polar surface area (TPSA) is 70.7 Å². The third-order valence-corrected chi connectivity index (χ3v) is 7.21. The van der Waals surface area contributed by atoms with Crippen LogP contribution in [0.5, 0.6) is 5.75 Å². The molecule has 0 bridgehead atoms. The number of nitrogens with one attached hydrogen (secondary N) is 2. The van der Waals surface area contributed by atoms with Gasteiger partial charge in [0.15, 0.2) is 0 Å². The average molecular weight is 403 g/mol. The third-order valence-electron chi connectivity index (χ3n) is 7.21. The van der Waals surface area contributed by atoms with Crippen LogP contribution in [0.3, 0.4) is 0 Å². The number of carbonyl (C=O) groups excluding carboxylic acids is 2. The minimum Gasteiger partial charge on any atom is -0.497 e. The van der Waals surface area contributed by atoms with Gasteiger partial charge in [0.1, 0.15) is 18.0 Å². The third kappa shape index (κ3) is 2.19. The van der Waals surface area contributed by atoms with Crippen molar-refractivity contribution in [1.29, 1.82) is 0 Å². The number of amides is 2. The predicted octanol–water partition coefficient (Wildman–Crippen LogP) is 3.76. The fourth-order valence-corrected chi connectivity index (χ4v) is 5.44. The van der Waals surface area contributed by atoms with Crippen LogP contribution in [0.4, 0.5) is 11.4 Å². The summed E-state index contributed by atoms with van der Waals surface area (Å²) in [5.74, 6) is 0.446. The highest BCUT2D eigenvalue weighted by molar-refractivity contribution is 6.10. The summed E-state index contributed by atoms with van der Waals surface area (Å²) >= 11 is 0.